The molecule has 1 N–H and O–H groups in total. The molecule has 4 rings (SSSR count). The molecular weight excluding hydrogens is 525 g/mol. The Morgan fingerprint density at radius 2 is 1.75 bits per heavy atom. The molecule has 40 heavy (non-hydrogen) atoms. The van der Waals surface area contributed by atoms with Gasteiger partial charge in [0.1, 0.15) is 0 Å². The first-order valence-electron chi connectivity index (χ1n) is 13.1. The monoisotopic (exact) mass is 558 g/mol. The van der Waals surface area contributed by atoms with E-state index in [2.05, 4.69) is 10.2 Å². The highest BCUT2D eigenvalue weighted by Gasteiger charge is 2.39. The number of piperazine rings is 1. The average molecular weight is 559 g/mol. The Kier molecular flexibility index (Phi) is 8.53. The van der Waals surface area contributed by atoms with E-state index in [-0.39, 0.29) is 36.7 Å². The lowest BCUT2D eigenvalue weighted by atomic mass is 9.91. The van der Waals surface area contributed by atoms with E-state index in [1.54, 1.807) is 18.9 Å². The normalized spacial score (nSPS) is 20.4. The topological polar surface area (TPSA) is 82.2 Å². The molecule has 0 saturated carbocycles. The van der Waals surface area contributed by atoms with E-state index in [1.807, 2.05) is 38.1 Å². The second kappa shape index (κ2) is 11.7. The fourth-order valence-electron chi connectivity index (χ4n) is 5.20. The molecule has 1 saturated heterocycles. The fourth-order valence-corrected chi connectivity index (χ4v) is 5.20. The first kappa shape index (κ1) is 29.1. The summed E-state index contributed by atoms with van der Waals surface area (Å²) >= 11 is 0. The standard InChI is InChI=1S/C29H33F3N4O4/c1-5-40-27(38)24-23(34(4)28(39)33-25(24)22-9-7-6-8-18(22)2)17-35-14-15-36(19(3)16-35)26(37)20-10-12-21(13-11-20)29(30,31)32/h6-13,19,25H,5,14-17H2,1-4H3,(H,33,39)/t19-,25+/m0/s1. The Labute approximate surface area is 231 Å². The number of nitrogens with zero attached hydrogens (tertiary/aromatic N) is 3. The third-order valence-electron chi connectivity index (χ3n) is 7.38. The minimum atomic E-state index is -4.47. The number of hydrogen-bond donors (Lipinski definition) is 1. The van der Waals surface area contributed by atoms with Gasteiger partial charge in [-0.15, -0.1) is 0 Å². The highest BCUT2D eigenvalue weighted by molar-refractivity contribution is 5.95. The molecule has 3 amide bonds. The van der Waals surface area contributed by atoms with E-state index in [0.717, 1.165) is 23.3 Å². The SMILES string of the molecule is CCOC(=O)C1=C(CN2CCN(C(=O)c3ccc(C(F)(F)F)cc3)[C@@H](C)C2)N(C)C(=O)N[C@@H]1c1ccccc1C. The summed E-state index contributed by atoms with van der Waals surface area (Å²) in [5.41, 5.74) is 1.97. The van der Waals surface area contributed by atoms with Crippen molar-refractivity contribution in [2.45, 2.75) is 39.0 Å². The maximum Gasteiger partial charge on any atom is 0.416 e. The summed E-state index contributed by atoms with van der Waals surface area (Å²) in [6.45, 7) is 7.17. The number of carbonyl (C=O) groups excluding carboxylic acids is 3. The number of hydrogen-bond acceptors (Lipinski definition) is 5. The Balaban J connectivity index is 1.57. The van der Waals surface area contributed by atoms with Crippen molar-refractivity contribution < 1.29 is 32.3 Å². The van der Waals surface area contributed by atoms with E-state index >= 15 is 0 Å². The van der Waals surface area contributed by atoms with Crippen LogP contribution in [0, 0.1) is 6.92 Å². The van der Waals surface area contributed by atoms with E-state index in [1.165, 1.54) is 17.0 Å². The summed E-state index contributed by atoms with van der Waals surface area (Å²) in [5.74, 6) is -0.858. The molecular formula is C29H33F3N4O4. The predicted octanol–water partition coefficient (Wildman–Crippen LogP) is 4.37. The van der Waals surface area contributed by atoms with Crippen molar-refractivity contribution in [1.82, 2.24) is 20.0 Å². The minimum absolute atomic E-state index is 0.176. The number of aryl methyl sites for hydroxylation is 1. The van der Waals surface area contributed by atoms with Crippen molar-refractivity contribution in [3.8, 4) is 0 Å². The Morgan fingerprint density at radius 3 is 2.35 bits per heavy atom. The van der Waals surface area contributed by atoms with Crippen molar-refractivity contribution in [2.75, 3.05) is 39.8 Å². The van der Waals surface area contributed by atoms with Crippen molar-refractivity contribution in [3.63, 3.8) is 0 Å². The molecule has 0 aliphatic carbocycles. The van der Waals surface area contributed by atoms with E-state index in [4.69, 9.17) is 4.74 Å². The zero-order chi connectivity index (χ0) is 29.2. The summed E-state index contributed by atoms with van der Waals surface area (Å²) in [6, 6.07) is 10.4. The van der Waals surface area contributed by atoms with Gasteiger partial charge in [0.15, 0.2) is 0 Å². The number of halogens is 3. The van der Waals surface area contributed by atoms with Gasteiger partial charge in [0.2, 0.25) is 0 Å². The van der Waals surface area contributed by atoms with Crippen LogP contribution in [0.2, 0.25) is 0 Å². The van der Waals surface area contributed by atoms with Gasteiger partial charge >= 0.3 is 18.2 Å². The van der Waals surface area contributed by atoms with Crippen LogP contribution < -0.4 is 5.32 Å². The number of nitrogens with one attached hydrogen (secondary N) is 1. The molecule has 0 spiro atoms. The number of likely N-dealkylation sites (N-methyl/N-ethyl adjacent to an activating group) is 1. The van der Waals surface area contributed by atoms with Gasteiger partial charge in [0, 0.05) is 50.5 Å². The van der Waals surface area contributed by atoms with Crippen LogP contribution in [0.15, 0.2) is 59.8 Å². The maximum atomic E-state index is 13.2. The molecule has 8 nitrogen and oxygen atoms in total. The largest absolute Gasteiger partial charge is 0.463 e. The van der Waals surface area contributed by atoms with Gasteiger partial charge in [-0.1, -0.05) is 24.3 Å². The molecule has 2 heterocycles. The molecule has 214 valence electrons. The molecule has 1 fully saturated rings. The number of rotatable bonds is 6. The number of ether oxygens (including phenoxy) is 1. The Hall–Kier alpha value is -3.86. The predicted molar refractivity (Wildman–Crippen MR) is 142 cm³/mol. The molecule has 2 aromatic carbocycles. The Bertz CT molecular complexity index is 1310. The molecule has 0 unspecified atom stereocenters. The number of alkyl halides is 3. The quantitative estimate of drug-likeness (QED) is 0.533. The lowest BCUT2D eigenvalue weighted by Gasteiger charge is -2.42. The smallest absolute Gasteiger partial charge is 0.416 e. The lowest BCUT2D eigenvalue weighted by molar-refractivity contribution is -0.139. The highest BCUT2D eigenvalue weighted by atomic mass is 19.4. The molecule has 0 radical (unpaired) electrons. The van der Waals surface area contributed by atoms with Crippen LogP contribution in [0.3, 0.4) is 0 Å². The molecule has 2 aliphatic heterocycles. The van der Waals surface area contributed by atoms with Gasteiger partial charge in [0.05, 0.1) is 23.8 Å². The summed E-state index contributed by atoms with van der Waals surface area (Å²) in [6.07, 6.45) is -4.47. The van der Waals surface area contributed by atoms with Crippen LogP contribution in [-0.4, -0.2) is 78.5 Å². The number of urea groups is 1. The Morgan fingerprint density at radius 1 is 1.07 bits per heavy atom. The van der Waals surface area contributed by atoms with Gasteiger partial charge < -0.3 is 15.0 Å². The van der Waals surface area contributed by atoms with Crippen LogP contribution in [0.5, 0.6) is 0 Å². The van der Waals surface area contributed by atoms with Crippen molar-refractivity contribution >= 4 is 17.9 Å². The minimum Gasteiger partial charge on any atom is -0.463 e. The van der Waals surface area contributed by atoms with E-state index < -0.39 is 23.8 Å². The number of esters is 1. The lowest BCUT2D eigenvalue weighted by Crippen LogP contribution is -2.56. The van der Waals surface area contributed by atoms with Crippen LogP contribution in [-0.2, 0) is 15.7 Å². The number of benzene rings is 2. The van der Waals surface area contributed by atoms with Crippen molar-refractivity contribution in [1.29, 1.82) is 0 Å². The first-order valence-corrected chi connectivity index (χ1v) is 13.1. The summed E-state index contributed by atoms with van der Waals surface area (Å²) in [4.78, 5) is 44.5. The number of carbonyl (C=O) groups is 3. The molecule has 0 aromatic heterocycles. The van der Waals surface area contributed by atoms with Crippen molar-refractivity contribution in [3.05, 3.63) is 82.1 Å². The summed E-state index contributed by atoms with van der Waals surface area (Å²) < 4.78 is 44.2. The second-order valence-corrected chi connectivity index (χ2v) is 10.0. The molecule has 2 aromatic rings. The highest BCUT2D eigenvalue weighted by Crippen LogP contribution is 2.33. The molecule has 2 atom stereocenters. The van der Waals surface area contributed by atoms with Gasteiger partial charge in [-0.2, -0.15) is 13.2 Å². The van der Waals surface area contributed by atoms with Crippen LogP contribution in [0.1, 0.15) is 46.9 Å². The zero-order valence-corrected chi connectivity index (χ0v) is 22.9. The van der Waals surface area contributed by atoms with Crippen molar-refractivity contribution in [2.24, 2.45) is 0 Å². The van der Waals surface area contributed by atoms with Crippen LogP contribution >= 0.6 is 0 Å². The summed E-state index contributed by atoms with van der Waals surface area (Å²) in [5, 5.41) is 2.93. The van der Waals surface area contributed by atoms with Gasteiger partial charge in [0.25, 0.3) is 5.91 Å². The average Bonchev–Trinajstić information content (AvgIpc) is 2.91. The van der Waals surface area contributed by atoms with Gasteiger partial charge in [-0.3, -0.25) is 14.6 Å². The second-order valence-electron chi connectivity index (χ2n) is 10.0. The summed E-state index contributed by atoms with van der Waals surface area (Å²) in [7, 11) is 1.60. The van der Waals surface area contributed by atoms with Gasteiger partial charge in [-0.05, 0) is 56.2 Å². The molecule has 2 aliphatic rings. The first-order chi connectivity index (χ1) is 18.9. The third-order valence-corrected chi connectivity index (χ3v) is 7.38. The third kappa shape index (κ3) is 5.99. The van der Waals surface area contributed by atoms with E-state index in [0.29, 0.717) is 30.9 Å². The van der Waals surface area contributed by atoms with E-state index in [9.17, 15) is 27.6 Å². The van der Waals surface area contributed by atoms with Gasteiger partial charge in [-0.25, -0.2) is 9.59 Å². The molecule has 11 heteroatoms. The maximum absolute atomic E-state index is 13.2. The fraction of sp³-hybridized carbons (Fsp3) is 0.414. The van der Waals surface area contributed by atoms with Crippen LogP contribution in [0.25, 0.3) is 0 Å². The van der Waals surface area contributed by atoms with Crippen LogP contribution in [0.4, 0.5) is 18.0 Å². The molecule has 0 bridgehead atoms. The zero-order valence-electron chi connectivity index (χ0n) is 22.9. The number of amides is 3.